The lowest BCUT2D eigenvalue weighted by molar-refractivity contribution is 0.398. The summed E-state index contributed by atoms with van der Waals surface area (Å²) in [6.07, 6.45) is 5.55. The first-order valence-electron chi connectivity index (χ1n) is 5.86. The topological polar surface area (TPSA) is 46.2 Å². The van der Waals surface area contributed by atoms with E-state index in [4.69, 9.17) is 4.74 Å². The fourth-order valence-corrected chi connectivity index (χ4v) is 2.02. The van der Waals surface area contributed by atoms with Gasteiger partial charge in [-0.2, -0.15) is 0 Å². The summed E-state index contributed by atoms with van der Waals surface area (Å²) in [5, 5.41) is 6.87. The first-order valence-corrected chi connectivity index (χ1v) is 5.86. The van der Waals surface area contributed by atoms with Crippen molar-refractivity contribution in [1.29, 1.82) is 0 Å². The van der Waals surface area contributed by atoms with Crippen molar-refractivity contribution in [2.24, 2.45) is 0 Å². The molecule has 4 heteroatoms. The lowest BCUT2D eigenvalue weighted by atomic mass is 10.1. The van der Waals surface area contributed by atoms with Gasteiger partial charge in [-0.1, -0.05) is 0 Å². The maximum Gasteiger partial charge on any atom is 0.214 e. The third-order valence-electron chi connectivity index (χ3n) is 2.93. The molecule has 0 unspecified atom stereocenters. The number of nitrogens with one attached hydrogen (secondary N) is 2. The number of ether oxygens (including phenoxy) is 1. The quantitative estimate of drug-likeness (QED) is 0.793. The minimum Gasteiger partial charge on any atom is -0.481 e. The van der Waals surface area contributed by atoms with E-state index in [0.29, 0.717) is 11.9 Å². The highest BCUT2D eigenvalue weighted by atomic mass is 16.5. The number of hydrogen-bond donors (Lipinski definition) is 2. The molecule has 1 aliphatic rings. The van der Waals surface area contributed by atoms with E-state index in [0.717, 1.165) is 12.2 Å². The molecule has 1 aliphatic heterocycles. The highest BCUT2D eigenvalue weighted by Gasteiger charge is 2.12. The van der Waals surface area contributed by atoms with Gasteiger partial charge in [-0.15, -0.1) is 0 Å². The van der Waals surface area contributed by atoms with Crippen LogP contribution in [0.4, 0.5) is 5.69 Å². The molecule has 0 saturated carbocycles. The monoisotopic (exact) mass is 221 g/mol. The Labute approximate surface area is 96.4 Å². The van der Waals surface area contributed by atoms with Gasteiger partial charge in [0.05, 0.1) is 7.11 Å². The van der Waals surface area contributed by atoms with Crippen molar-refractivity contribution in [1.82, 2.24) is 10.3 Å². The van der Waals surface area contributed by atoms with E-state index < -0.39 is 0 Å². The fourth-order valence-electron chi connectivity index (χ4n) is 2.02. The third-order valence-corrected chi connectivity index (χ3v) is 2.93. The van der Waals surface area contributed by atoms with E-state index in [1.165, 1.54) is 25.8 Å². The molecule has 0 radical (unpaired) electrons. The molecule has 2 N–H and O–H groups in total. The summed E-state index contributed by atoms with van der Waals surface area (Å²) < 4.78 is 5.07. The molecule has 1 saturated heterocycles. The van der Waals surface area contributed by atoms with Crippen LogP contribution in [0.15, 0.2) is 18.3 Å². The molecule has 4 nitrogen and oxygen atoms in total. The van der Waals surface area contributed by atoms with E-state index in [9.17, 15) is 0 Å². The average Bonchev–Trinajstić information content (AvgIpc) is 2.82. The van der Waals surface area contributed by atoms with Crippen molar-refractivity contribution in [3.63, 3.8) is 0 Å². The van der Waals surface area contributed by atoms with E-state index in [1.54, 1.807) is 13.3 Å². The van der Waals surface area contributed by atoms with Gasteiger partial charge in [-0.25, -0.2) is 4.98 Å². The molecule has 0 aliphatic carbocycles. The Kier molecular flexibility index (Phi) is 3.99. The van der Waals surface area contributed by atoms with Gasteiger partial charge in [0.25, 0.3) is 0 Å². The predicted octanol–water partition coefficient (Wildman–Crippen LogP) is 1.64. The van der Waals surface area contributed by atoms with Gasteiger partial charge in [-0.3, -0.25) is 0 Å². The summed E-state index contributed by atoms with van der Waals surface area (Å²) in [7, 11) is 1.63. The lowest BCUT2D eigenvalue weighted by Crippen LogP contribution is -2.24. The molecule has 0 amide bonds. The van der Waals surface area contributed by atoms with E-state index in [-0.39, 0.29) is 0 Å². The standard InChI is InChI=1S/C12H19N3O/c1-16-12-9-11(5-8-15-12)14-7-4-10-3-2-6-13-10/h5,8-10,13H,2-4,6-7H2,1H3,(H,14,15)/t10-/m1/s1. The largest absolute Gasteiger partial charge is 0.481 e. The predicted molar refractivity (Wildman–Crippen MR) is 64.9 cm³/mol. The molecule has 1 fully saturated rings. The van der Waals surface area contributed by atoms with E-state index in [1.807, 2.05) is 12.1 Å². The van der Waals surface area contributed by atoms with Crippen molar-refractivity contribution in [3.8, 4) is 5.88 Å². The van der Waals surface area contributed by atoms with Crippen LogP contribution in [-0.2, 0) is 0 Å². The van der Waals surface area contributed by atoms with Crippen molar-refractivity contribution in [3.05, 3.63) is 18.3 Å². The minimum atomic E-state index is 0.656. The van der Waals surface area contributed by atoms with Crippen LogP contribution in [0.2, 0.25) is 0 Å². The number of rotatable bonds is 5. The van der Waals surface area contributed by atoms with Gasteiger partial charge >= 0.3 is 0 Å². The lowest BCUT2D eigenvalue weighted by Gasteiger charge is -2.11. The third kappa shape index (κ3) is 3.10. The molecule has 16 heavy (non-hydrogen) atoms. The van der Waals surface area contributed by atoms with Gasteiger partial charge in [0.1, 0.15) is 0 Å². The van der Waals surface area contributed by atoms with Gasteiger partial charge in [-0.05, 0) is 31.9 Å². The van der Waals surface area contributed by atoms with Crippen molar-refractivity contribution >= 4 is 5.69 Å². The molecule has 88 valence electrons. The van der Waals surface area contributed by atoms with Crippen LogP contribution in [0.5, 0.6) is 5.88 Å². The molecular formula is C12H19N3O. The summed E-state index contributed by atoms with van der Waals surface area (Å²) in [5.41, 5.74) is 1.07. The fraction of sp³-hybridized carbons (Fsp3) is 0.583. The van der Waals surface area contributed by atoms with Crippen molar-refractivity contribution in [2.45, 2.75) is 25.3 Å². The second-order valence-corrected chi connectivity index (χ2v) is 4.10. The van der Waals surface area contributed by atoms with Crippen LogP contribution in [0.25, 0.3) is 0 Å². The maximum absolute atomic E-state index is 5.07. The van der Waals surface area contributed by atoms with Crippen LogP contribution in [-0.4, -0.2) is 31.2 Å². The van der Waals surface area contributed by atoms with Crippen LogP contribution in [0.1, 0.15) is 19.3 Å². The van der Waals surface area contributed by atoms with Gasteiger partial charge < -0.3 is 15.4 Å². The molecule has 2 rings (SSSR count). The Hall–Kier alpha value is -1.29. The summed E-state index contributed by atoms with van der Waals surface area (Å²) >= 11 is 0. The Bertz CT molecular complexity index is 324. The summed E-state index contributed by atoms with van der Waals surface area (Å²) in [5.74, 6) is 0.656. The van der Waals surface area contributed by atoms with Crippen molar-refractivity contribution in [2.75, 3.05) is 25.5 Å². The first-order chi connectivity index (χ1) is 7.88. The Morgan fingerprint density at radius 2 is 2.56 bits per heavy atom. The Morgan fingerprint density at radius 3 is 3.31 bits per heavy atom. The highest BCUT2D eigenvalue weighted by molar-refractivity contribution is 5.44. The molecule has 1 atom stereocenters. The van der Waals surface area contributed by atoms with Gasteiger partial charge in [0, 0.05) is 30.5 Å². The van der Waals surface area contributed by atoms with Crippen LogP contribution in [0, 0.1) is 0 Å². The number of nitrogens with zero attached hydrogens (tertiary/aromatic N) is 1. The summed E-state index contributed by atoms with van der Waals surface area (Å²) in [6.45, 7) is 2.17. The van der Waals surface area contributed by atoms with Crippen LogP contribution >= 0.6 is 0 Å². The molecular weight excluding hydrogens is 202 g/mol. The highest BCUT2D eigenvalue weighted by Crippen LogP contribution is 2.14. The second kappa shape index (κ2) is 5.70. The van der Waals surface area contributed by atoms with E-state index >= 15 is 0 Å². The number of methoxy groups -OCH3 is 1. The zero-order valence-corrected chi connectivity index (χ0v) is 9.70. The molecule has 1 aromatic heterocycles. The zero-order chi connectivity index (χ0) is 11.2. The van der Waals surface area contributed by atoms with Crippen LogP contribution < -0.4 is 15.4 Å². The Morgan fingerprint density at radius 1 is 1.62 bits per heavy atom. The number of aromatic nitrogens is 1. The second-order valence-electron chi connectivity index (χ2n) is 4.10. The number of pyridine rings is 1. The first kappa shape index (κ1) is 11.2. The smallest absolute Gasteiger partial charge is 0.214 e. The van der Waals surface area contributed by atoms with Crippen molar-refractivity contribution < 1.29 is 4.74 Å². The van der Waals surface area contributed by atoms with Gasteiger partial charge in [0.15, 0.2) is 0 Å². The Balaban J connectivity index is 1.75. The van der Waals surface area contributed by atoms with E-state index in [2.05, 4.69) is 15.6 Å². The van der Waals surface area contributed by atoms with Crippen LogP contribution in [0.3, 0.4) is 0 Å². The number of hydrogen-bond acceptors (Lipinski definition) is 4. The summed E-state index contributed by atoms with van der Waals surface area (Å²) in [6, 6.07) is 4.57. The summed E-state index contributed by atoms with van der Waals surface area (Å²) in [4.78, 5) is 4.07. The molecule has 0 aromatic carbocycles. The average molecular weight is 221 g/mol. The zero-order valence-electron chi connectivity index (χ0n) is 9.70. The number of anilines is 1. The molecule has 0 bridgehead atoms. The van der Waals surface area contributed by atoms with Gasteiger partial charge in [0.2, 0.25) is 5.88 Å². The molecule has 1 aromatic rings. The molecule has 0 spiro atoms. The normalized spacial score (nSPS) is 19.7. The SMILES string of the molecule is COc1cc(NCC[C@H]2CCCN2)ccn1. The minimum absolute atomic E-state index is 0.656. The maximum atomic E-state index is 5.07. The molecule has 2 heterocycles.